The standard InChI is InChI=1S/C17H16N2O3/c1-19-13(6-7-14(19)9-11-17(21)22-2)8-10-16(20)15-5-3-4-12-18-15/h3-12H,1-2H3/b10-8+,11-9+. The first-order chi connectivity index (χ1) is 10.6. The molecule has 0 fully saturated rings. The molecule has 0 bridgehead atoms. The molecule has 0 aliphatic rings. The predicted molar refractivity (Wildman–Crippen MR) is 84.1 cm³/mol. The van der Waals surface area contributed by atoms with Crippen molar-refractivity contribution < 1.29 is 14.3 Å². The molecule has 0 aromatic carbocycles. The highest BCUT2D eigenvalue weighted by molar-refractivity contribution is 6.05. The smallest absolute Gasteiger partial charge is 0.330 e. The van der Waals surface area contributed by atoms with Crippen LogP contribution >= 0.6 is 0 Å². The third kappa shape index (κ3) is 3.79. The van der Waals surface area contributed by atoms with Gasteiger partial charge in [-0.25, -0.2) is 4.79 Å². The third-order valence-electron chi connectivity index (χ3n) is 3.11. The largest absolute Gasteiger partial charge is 0.466 e. The summed E-state index contributed by atoms with van der Waals surface area (Å²) < 4.78 is 6.41. The minimum atomic E-state index is -0.413. The first-order valence-electron chi connectivity index (χ1n) is 6.67. The zero-order chi connectivity index (χ0) is 15.9. The summed E-state index contributed by atoms with van der Waals surface area (Å²) in [4.78, 5) is 27.1. The van der Waals surface area contributed by atoms with Crippen LogP contribution in [0.25, 0.3) is 12.2 Å². The second-order valence-electron chi connectivity index (χ2n) is 4.51. The van der Waals surface area contributed by atoms with Gasteiger partial charge in [-0.15, -0.1) is 0 Å². The van der Waals surface area contributed by atoms with Gasteiger partial charge in [0.05, 0.1) is 7.11 Å². The Morgan fingerprint density at radius 1 is 1.09 bits per heavy atom. The zero-order valence-corrected chi connectivity index (χ0v) is 12.4. The van der Waals surface area contributed by atoms with E-state index in [9.17, 15) is 9.59 Å². The number of ether oxygens (including phenoxy) is 1. The number of hydrogen-bond donors (Lipinski definition) is 0. The minimum Gasteiger partial charge on any atom is -0.466 e. The van der Waals surface area contributed by atoms with E-state index in [0.29, 0.717) is 5.69 Å². The highest BCUT2D eigenvalue weighted by Crippen LogP contribution is 2.11. The number of carbonyl (C=O) groups is 2. The van der Waals surface area contributed by atoms with E-state index in [1.54, 1.807) is 36.5 Å². The Hall–Kier alpha value is -2.95. The Morgan fingerprint density at radius 2 is 1.77 bits per heavy atom. The molecule has 0 spiro atoms. The quantitative estimate of drug-likeness (QED) is 0.483. The second-order valence-corrected chi connectivity index (χ2v) is 4.51. The number of hydrogen-bond acceptors (Lipinski definition) is 4. The number of carbonyl (C=O) groups excluding carboxylic acids is 2. The van der Waals surface area contributed by atoms with E-state index in [1.807, 2.05) is 23.7 Å². The monoisotopic (exact) mass is 296 g/mol. The van der Waals surface area contributed by atoms with E-state index < -0.39 is 5.97 Å². The fourth-order valence-electron chi connectivity index (χ4n) is 1.85. The Bertz CT molecular complexity index is 728. The number of ketones is 1. The molecule has 0 saturated carbocycles. The molecule has 2 aromatic rings. The average Bonchev–Trinajstić information content (AvgIpc) is 2.91. The number of rotatable bonds is 5. The highest BCUT2D eigenvalue weighted by Gasteiger charge is 2.04. The lowest BCUT2D eigenvalue weighted by Crippen LogP contribution is -1.98. The molecule has 0 aliphatic carbocycles. The molecule has 0 atom stereocenters. The molecule has 5 heteroatoms. The molecule has 0 amide bonds. The van der Waals surface area contributed by atoms with Crippen molar-refractivity contribution in [2.75, 3.05) is 7.11 Å². The van der Waals surface area contributed by atoms with Gasteiger partial charge in [0.15, 0.2) is 0 Å². The van der Waals surface area contributed by atoms with Gasteiger partial charge < -0.3 is 9.30 Å². The predicted octanol–water partition coefficient (Wildman–Crippen LogP) is 2.50. The van der Waals surface area contributed by atoms with Crippen molar-refractivity contribution in [3.8, 4) is 0 Å². The van der Waals surface area contributed by atoms with Gasteiger partial charge in [-0.2, -0.15) is 0 Å². The van der Waals surface area contributed by atoms with E-state index in [-0.39, 0.29) is 5.78 Å². The summed E-state index contributed by atoms with van der Waals surface area (Å²) >= 11 is 0. The van der Waals surface area contributed by atoms with Gasteiger partial charge in [0.25, 0.3) is 0 Å². The van der Waals surface area contributed by atoms with Crippen LogP contribution < -0.4 is 0 Å². The number of esters is 1. The molecule has 2 aromatic heterocycles. The number of allylic oxidation sites excluding steroid dienone is 1. The number of nitrogens with zero attached hydrogens (tertiary/aromatic N) is 2. The van der Waals surface area contributed by atoms with Crippen molar-refractivity contribution in [2.45, 2.75) is 0 Å². The summed E-state index contributed by atoms with van der Waals surface area (Å²) in [5.74, 6) is -0.572. The maximum absolute atomic E-state index is 12.0. The van der Waals surface area contributed by atoms with Gasteiger partial charge >= 0.3 is 5.97 Å². The van der Waals surface area contributed by atoms with Crippen molar-refractivity contribution >= 4 is 23.9 Å². The summed E-state index contributed by atoms with van der Waals surface area (Å²) in [7, 11) is 3.18. The SMILES string of the molecule is COC(=O)/C=C/c1ccc(/C=C/C(=O)c2ccccn2)n1C. The summed E-state index contributed by atoms with van der Waals surface area (Å²) in [6, 6.07) is 8.91. The second kappa shape index (κ2) is 7.17. The van der Waals surface area contributed by atoms with Crippen LogP contribution in [0.4, 0.5) is 0 Å². The van der Waals surface area contributed by atoms with Crippen LogP contribution in [0.15, 0.2) is 48.7 Å². The number of pyridine rings is 1. The molecule has 112 valence electrons. The van der Waals surface area contributed by atoms with Crippen LogP contribution in [0.5, 0.6) is 0 Å². The Balaban J connectivity index is 2.13. The van der Waals surface area contributed by atoms with Crippen LogP contribution in [0.3, 0.4) is 0 Å². The molecule has 2 rings (SSSR count). The molecular weight excluding hydrogens is 280 g/mol. The van der Waals surface area contributed by atoms with Gasteiger partial charge in [-0.05, 0) is 42.5 Å². The first kappa shape index (κ1) is 15.4. The van der Waals surface area contributed by atoms with Crippen molar-refractivity contribution in [1.82, 2.24) is 9.55 Å². The maximum Gasteiger partial charge on any atom is 0.330 e. The maximum atomic E-state index is 12.0. The molecule has 2 heterocycles. The van der Waals surface area contributed by atoms with Crippen LogP contribution in [-0.4, -0.2) is 28.4 Å². The highest BCUT2D eigenvalue weighted by atomic mass is 16.5. The molecule has 0 N–H and O–H groups in total. The van der Waals surface area contributed by atoms with Crippen LogP contribution in [0.1, 0.15) is 21.9 Å². The lowest BCUT2D eigenvalue weighted by Gasteiger charge is -2.00. The average molecular weight is 296 g/mol. The minimum absolute atomic E-state index is 0.159. The van der Waals surface area contributed by atoms with Gasteiger partial charge in [0.2, 0.25) is 5.78 Å². The van der Waals surface area contributed by atoms with Crippen molar-refractivity contribution in [1.29, 1.82) is 0 Å². The Kier molecular flexibility index (Phi) is 5.03. The lowest BCUT2D eigenvalue weighted by molar-refractivity contribution is -0.134. The van der Waals surface area contributed by atoms with Gasteiger partial charge in [0.1, 0.15) is 5.69 Å². The van der Waals surface area contributed by atoms with Crippen molar-refractivity contribution in [2.24, 2.45) is 7.05 Å². The Labute approximate surface area is 128 Å². The van der Waals surface area contributed by atoms with Crippen molar-refractivity contribution in [3.05, 3.63) is 65.8 Å². The van der Waals surface area contributed by atoms with E-state index >= 15 is 0 Å². The van der Waals surface area contributed by atoms with Gasteiger partial charge in [0, 0.05) is 30.7 Å². The van der Waals surface area contributed by atoms with E-state index in [2.05, 4.69) is 9.72 Å². The molecule has 5 nitrogen and oxygen atoms in total. The molecule has 0 aliphatic heterocycles. The van der Waals surface area contributed by atoms with Crippen LogP contribution in [-0.2, 0) is 16.6 Å². The van der Waals surface area contributed by atoms with E-state index in [1.165, 1.54) is 19.3 Å². The number of methoxy groups -OCH3 is 1. The van der Waals surface area contributed by atoms with Crippen molar-refractivity contribution in [3.63, 3.8) is 0 Å². The summed E-state index contributed by atoms with van der Waals surface area (Å²) in [6.45, 7) is 0. The molecular formula is C17H16N2O3. The van der Waals surface area contributed by atoms with Crippen LogP contribution in [0.2, 0.25) is 0 Å². The Morgan fingerprint density at radius 3 is 2.36 bits per heavy atom. The lowest BCUT2D eigenvalue weighted by atomic mass is 10.2. The topological polar surface area (TPSA) is 61.2 Å². The van der Waals surface area contributed by atoms with E-state index in [0.717, 1.165) is 11.4 Å². The molecule has 22 heavy (non-hydrogen) atoms. The third-order valence-corrected chi connectivity index (χ3v) is 3.11. The van der Waals surface area contributed by atoms with Gasteiger partial charge in [-0.1, -0.05) is 6.07 Å². The molecule has 0 saturated heterocycles. The fourth-order valence-corrected chi connectivity index (χ4v) is 1.85. The summed E-state index contributed by atoms with van der Waals surface area (Å²) in [5, 5.41) is 0. The van der Waals surface area contributed by atoms with E-state index in [4.69, 9.17) is 0 Å². The molecule has 0 radical (unpaired) electrons. The zero-order valence-electron chi connectivity index (χ0n) is 12.4. The molecule has 0 unspecified atom stereocenters. The van der Waals surface area contributed by atoms with Gasteiger partial charge in [-0.3, -0.25) is 9.78 Å². The summed E-state index contributed by atoms with van der Waals surface area (Å²) in [5.41, 5.74) is 2.07. The first-order valence-corrected chi connectivity index (χ1v) is 6.67. The van der Waals surface area contributed by atoms with Crippen LogP contribution in [0, 0.1) is 0 Å². The normalized spacial score (nSPS) is 11.2. The fraction of sp³-hybridized carbons (Fsp3) is 0.118. The summed E-state index contributed by atoms with van der Waals surface area (Å²) in [6.07, 6.45) is 7.78. The number of aromatic nitrogens is 2.